The second kappa shape index (κ2) is 12.9. The highest BCUT2D eigenvalue weighted by atomic mass is 35.5. The molecule has 0 saturated carbocycles. The van der Waals surface area contributed by atoms with Crippen LogP contribution in [-0.4, -0.2) is 69.9 Å². The molecule has 4 unspecified atom stereocenters. The summed E-state index contributed by atoms with van der Waals surface area (Å²) in [6.45, 7) is 1.19. The van der Waals surface area contributed by atoms with Gasteiger partial charge in [0.25, 0.3) is 0 Å². The predicted molar refractivity (Wildman–Crippen MR) is 147 cm³/mol. The Hall–Kier alpha value is -2.65. The molecule has 4 N–H and O–H groups in total. The number of carbonyl (C=O) groups is 3. The largest absolute Gasteiger partial charge is 0.481 e. The van der Waals surface area contributed by atoms with Gasteiger partial charge >= 0.3 is 5.97 Å². The lowest BCUT2D eigenvalue weighted by Gasteiger charge is -2.32. The summed E-state index contributed by atoms with van der Waals surface area (Å²) in [6.07, 6.45) is 2.77. The minimum atomic E-state index is -1.01. The predicted octanol–water partition coefficient (Wildman–Crippen LogP) is 3.48. The first-order valence-electron chi connectivity index (χ1n) is 13.0. The van der Waals surface area contributed by atoms with Gasteiger partial charge in [0.2, 0.25) is 11.8 Å². The Labute approximate surface area is 233 Å². The van der Waals surface area contributed by atoms with Gasteiger partial charge in [-0.3, -0.25) is 19.3 Å². The molecular weight excluding hydrogens is 527 g/mol. The van der Waals surface area contributed by atoms with Gasteiger partial charge in [-0.25, -0.2) is 0 Å². The summed E-state index contributed by atoms with van der Waals surface area (Å²) < 4.78 is 0. The number of halogens is 2. The number of rotatable bonds is 10. The molecule has 38 heavy (non-hydrogen) atoms. The maximum absolute atomic E-state index is 13.8. The van der Waals surface area contributed by atoms with Crippen LogP contribution in [0.5, 0.6) is 0 Å². The van der Waals surface area contributed by atoms with Gasteiger partial charge in [-0.2, -0.15) is 0 Å². The van der Waals surface area contributed by atoms with Crippen molar-refractivity contribution in [3.05, 3.63) is 69.7 Å². The van der Waals surface area contributed by atoms with Crippen LogP contribution in [-0.2, 0) is 27.3 Å². The highest BCUT2D eigenvalue weighted by Gasteiger charge is 2.45. The molecule has 0 spiro atoms. The van der Waals surface area contributed by atoms with Gasteiger partial charge in [0.15, 0.2) is 0 Å². The number of carbonyl (C=O) groups excluding carboxylic acids is 2. The maximum atomic E-state index is 13.8. The molecular formula is C28H34Cl2N4O4. The van der Waals surface area contributed by atoms with Crippen molar-refractivity contribution in [2.24, 2.45) is 5.73 Å². The zero-order valence-corrected chi connectivity index (χ0v) is 22.7. The van der Waals surface area contributed by atoms with Gasteiger partial charge in [0.05, 0.1) is 16.1 Å². The molecule has 2 aliphatic rings. The summed E-state index contributed by atoms with van der Waals surface area (Å²) in [5.74, 6) is -1.55. The van der Waals surface area contributed by atoms with Gasteiger partial charge in [-0.05, 0) is 55.4 Å². The molecule has 4 rings (SSSR count). The van der Waals surface area contributed by atoms with Crippen LogP contribution in [0.1, 0.15) is 43.2 Å². The van der Waals surface area contributed by atoms with Crippen molar-refractivity contribution in [2.45, 2.75) is 69.2 Å². The second-order valence-corrected chi connectivity index (χ2v) is 10.9. The number of amides is 2. The molecule has 2 aromatic rings. The first-order valence-corrected chi connectivity index (χ1v) is 13.8. The molecule has 204 valence electrons. The highest BCUT2D eigenvalue weighted by molar-refractivity contribution is 6.42. The van der Waals surface area contributed by atoms with E-state index in [1.807, 2.05) is 18.2 Å². The number of fused-ring (bicyclic) bond motifs is 1. The number of carboxylic acid groups (broad SMARTS) is 1. The molecule has 0 aliphatic carbocycles. The molecule has 2 saturated heterocycles. The van der Waals surface area contributed by atoms with Crippen molar-refractivity contribution in [1.82, 2.24) is 15.1 Å². The van der Waals surface area contributed by atoms with Gasteiger partial charge in [-0.1, -0.05) is 59.6 Å². The number of hydrogen-bond acceptors (Lipinski definition) is 5. The third-order valence-electron chi connectivity index (χ3n) is 7.48. The van der Waals surface area contributed by atoms with E-state index in [2.05, 4.69) is 22.3 Å². The monoisotopic (exact) mass is 560 g/mol. The minimum Gasteiger partial charge on any atom is -0.481 e. The Balaban J connectivity index is 1.51. The lowest BCUT2D eigenvalue weighted by Crippen LogP contribution is -2.53. The lowest BCUT2D eigenvalue weighted by molar-refractivity contribution is -0.144. The smallest absolute Gasteiger partial charge is 0.303 e. The van der Waals surface area contributed by atoms with Crippen molar-refractivity contribution in [3.8, 4) is 0 Å². The van der Waals surface area contributed by atoms with Gasteiger partial charge < -0.3 is 21.1 Å². The van der Waals surface area contributed by atoms with Gasteiger partial charge in [0, 0.05) is 38.1 Å². The van der Waals surface area contributed by atoms with E-state index in [0.717, 1.165) is 18.4 Å². The third kappa shape index (κ3) is 7.05. The number of hydrogen-bond donors (Lipinski definition) is 3. The SMILES string of the molecule is NC1CC2C(=O)N(C(CCC(=O)O)C(=O)NCc3ccc(Cl)c(Cl)c3)CCC(CCc3ccccc3)N2C1. The van der Waals surface area contributed by atoms with Gasteiger partial charge in [0.1, 0.15) is 6.04 Å². The number of aliphatic carboxylic acids is 1. The average Bonchev–Trinajstić information content (AvgIpc) is 3.24. The number of carboxylic acids is 1. The Kier molecular flexibility index (Phi) is 9.65. The molecule has 0 radical (unpaired) electrons. The van der Waals surface area contributed by atoms with Crippen molar-refractivity contribution in [1.29, 1.82) is 0 Å². The van der Waals surface area contributed by atoms with E-state index in [1.165, 1.54) is 5.56 Å². The van der Waals surface area contributed by atoms with Crippen LogP contribution >= 0.6 is 23.2 Å². The number of nitrogens with zero attached hydrogens (tertiary/aromatic N) is 2. The molecule has 8 nitrogen and oxygen atoms in total. The summed E-state index contributed by atoms with van der Waals surface area (Å²) in [6, 6.07) is 14.0. The fraction of sp³-hybridized carbons (Fsp3) is 0.464. The zero-order valence-electron chi connectivity index (χ0n) is 21.2. The zero-order chi connectivity index (χ0) is 27.2. The molecule has 2 aliphatic heterocycles. The fourth-order valence-corrected chi connectivity index (χ4v) is 5.86. The van der Waals surface area contributed by atoms with E-state index in [1.54, 1.807) is 23.1 Å². The van der Waals surface area contributed by atoms with E-state index in [0.29, 0.717) is 36.0 Å². The molecule has 2 amide bonds. The maximum Gasteiger partial charge on any atom is 0.303 e. The van der Waals surface area contributed by atoms with Crippen LogP contribution in [0.4, 0.5) is 0 Å². The van der Waals surface area contributed by atoms with Crippen LogP contribution in [0.2, 0.25) is 10.0 Å². The summed E-state index contributed by atoms with van der Waals surface area (Å²) in [5.41, 5.74) is 8.29. The highest BCUT2D eigenvalue weighted by Crippen LogP contribution is 2.30. The Morgan fingerprint density at radius 3 is 2.58 bits per heavy atom. The van der Waals surface area contributed by atoms with Crippen LogP contribution < -0.4 is 11.1 Å². The lowest BCUT2D eigenvalue weighted by atomic mass is 10.0. The first-order chi connectivity index (χ1) is 18.2. The molecule has 2 aromatic carbocycles. The van der Waals surface area contributed by atoms with Crippen LogP contribution in [0, 0.1) is 0 Å². The summed E-state index contributed by atoms with van der Waals surface area (Å²) >= 11 is 12.1. The van der Waals surface area contributed by atoms with Crippen molar-refractivity contribution >= 4 is 41.0 Å². The molecule has 0 bridgehead atoms. The van der Waals surface area contributed by atoms with Crippen molar-refractivity contribution in [2.75, 3.05) is 13.1 Å². The number of nitrogens with two attached hydrogens (primary N) is 1. The Bertz CT molecular complexity index is 1150. The molecule has 0 aromatic heterocycles. The standard InChI is InChI=1S/C28H34Cl2N4O4/c29-22-9-7-19(14-23(22)30)16-32-27(37)24(10-11-26(35)36)33-13-12-21(8-6-18-4-2-1-3-5-18)34-17-20(31)15-25(34)28(33)38/h1-5,7,9,14,20-21,24-25H,6,8,10-13,15-17,31H2,(H,32,37)(H,35,36). The van der Waals surface area contributed by atoms with E-state index >= 15 is 0 Å². The molecule has 2 fully saturated rings. The topological polar surface area (TPSA) is 116 Å². The summed E-state index contributed by atoms with van der Waals surface area (Å²) in [7, 11) is 0. The molecule has 4 atom stereocenters. The van der Waals surface area contributed by atoms with Crippen LogP contribution in [0.25, 0.3) is 0 Å². The second-order valence-electron chi connectivity index (χ2n) is 10.1. The van der Waals surface area contributed by atoms with E-state index < -0.39 is 18.1 Å². The normalized spacial score (nSPS) is 22.6. The third-order valence-corrected chi connectivity index (χ3v) is 8.22. The number of nitrogens with one attached hydrogen (secondary N) is 1. The molecule has 2 heterocycles. The van der Waals surface area contributed by atoms with Gasteiger partial charge in [-0.15, -0.1) is 0 Å². The van der Waals surface area contributed by atoms with Crippen molar-refractivity contribution in [3.63, 3.8) is 0 Å². The first kappa shape index (κ1) is 28.4. The van der Waals surface area contributed by atoms with Crippen LogP contribution in [0.15, 0.2) is 48.5 Å². The van der Waals surface area contributed by atoms with Crippen molar-refractivity contribution < 1.29 is 19.5 Å². The quantitative estimate of drug-likeness (QED) is 0.409. The minimum absolute atomic E-state index is 0.0295. The number of benzene rings is 2. The average molecular weight is 562 g/mol. The Morgan fingerprint density at radius 1 is 1.11 bits per heavy atom. The summed E-state index contributed by atoms with van der Waals surface area (Å²) in [4.78, 5) is 42.4. The Morgan fingerprint density at radius 2 is 1.87 bits per heavy atom. The summed E-state index contributed by atoms with van der Waals surface area (Å²) in [5, 5.41) is 13.0. The van der Waals surface area contributed by atoms with E-state index in [-0.39, 0.29) is 43.3 Å². The molecule has 10 heteroatoms. The number of aryl methyl sites for hydroxylation is 1. The van der Waals surface area contributed by atoms with E-state index in [9.17, 15) is 19.5 Å². The van der Waals surface area contributed by atoms with E-state index in [4.69, 9.17) is 28.9 Å². The fourth-order valence-electron chi connectivity index (χ4n) is 5.54. The van der Waals surface area contributed by atoms with Crippen LogP contribution in [0.3, 0.4) is 0 Å².